The molecule has 0 atom stereocenters. The van der Waals surface area contributed by atoms with Gasteiger partial charge in [0, 0.05) is 12.1 Å². The fourth-order valence-electron chi connectivity index (χ4n) is 1.35. The molecule has 0 aliphatic heterocycles. The summed E-state index contributed by atoms with van der Waals surface area (Å²) in [4.78, 5) is 12.1. The van der Waals surface area contributed by atoms with E-state index in [0.717, 1.165) is 5.56 Å². The lowest BCUT2D eigenvalue weighted by Crippen LogP contribution is -2.10. The first-order valence-corrected chi connectivity index (χ1v) is 5.16. The summed E-state index contributed by atoms with van der Waals surface area (Å²) in [5.74, 6) is 0.869. The summed E-state index contributed by atoms with van der Waals surface area (Å²) in [6, 6.07) is 9.39. The standard InChI is InChI=1S/C11H12FN5/c12-6-7-14-11-16-9(15-10(13)17-11)8-4-2-1-3-5-8/h1-5H,6-7H2,(H3,13,14,15,16,17). The van der Waals surface area contributed by atoms with Crippen LogP contribution in [0.3, 0.4) is 0 Å². The normalized spacial score (nSPS) is 10.2. The molecule has 88 valence electrons. The van der Waals surface area contributed by atoms with Crippen molar-refractivity contribution in [3.63, 3.8) is 0 Å². The third-order valence-electron chi connectivity index (χ3n) is 2.06. The summed E-state index contributed by atoms with van der Waals surface area (Å²) in [6.07, 6.45) is 0. The highest BCUT2D eigenvalue weighted by atomic mass is 19.1. The Morgan fingerprint density at radius 1 is 1.12 bits per heavy atom. The van der Waals surface area contributed by atoms with Crippen molar-refractivity contribution in [3.8, 4) is 11.4 Å². The van der Waals surface area contributed by atoms with Crippen molar-refractivity contribution in [3.05, 3.63) is 30.3 Å². The van der Waals surface area contributed by atoms with Gasteiger partial charge in [-0.15, -0.1) is 0 Å². The lowest BCUT2D eigenvalue weighted by Gasteiger charge is -2.05. The van der Waals surface area contributed by atoms with E-state index < -0.39 is 6.67 Å². The molecule has 0 aliphatic rings. The molecule has 0 unspecified atom stereocenters. The topological polar surface area (TPSA) is 76.7 Å². The molecule has 2 aromatic rings. The minimum absolute atomic E-state index is 0.111. The molecule has 1 aromatic heterocycles. The van der Waals surface area contributed by atoms with Crippen molar-refractivity contribution >= 4 is 11.9 Å². The van der Waals surface area contributed by atoms with Gasteiger partial charge in [-0.1, -0.05) is 30.3 Å². The van der Waals surface area contributed by atoms with E-state index in [1.807, 2.05) is 30.3 Å². The quantitative estimate of drug-likeness (QED) is 0.836. The molecular weight excluding hydrogens is 221 g/mol. The zero-order valence-electron chi connectivity index (χ0n) is 9.10. The third kappa shape index (κ3) is 2.87. The van der Waals surface area contributed by atoms with Gasteiger partial charge in [0.05, 0.1) is 0 Å². The molecule has 0 radical (unpaired) electrons. The van der Waals surface area contributed by atoms with Gasteiger partial charge in [-0.3, -0.25) is 0 Å². The molecule has 1 aromatic carbocycles. The Hall–Kier alpha value is -2.24. The number of nitrogens with one attached hydrogen (secondary N) is 1. The molecule has 0 fully saturated rings. The molecule has 0 aliphatic carbocycles. The largest absolute Gasteiger partial charge is 0.368 e. The summed E-state index contributed by atoms with van der Waals surface area (Å²) in [5.41, 5.74) is 6.41. The number of nitrogens with two attached hydrogens (primary N) is 1. The molecule has 0 saturated heterocycles. The molecule has 3 N–H and O–H groups in total. The molecular formula is C11H12FN5. The monoisotopic (exact) mass is 233 g/mol. The molecule has 17 heavy (non-hydrogen) atoms. The van der Waals surface area contributed by atoms with Gasteiger partial charge < -0.3 is 11.1 Å². The number of benzene rings is 1. The van der Waals surface area contributed by atoms with Gasteiger partial charge >= 0.3 is 0 Å². The number of nitrogens with zero attached hydrogens (tertiary/aromatic N) is 3. The van der Waals surface area contributed by atoms with Crippen LogP contribution >= 0.6 is 0 Å². The molecule has 0 amide bonds. The van der Waals surface area contributed by atoms with Gasteiger partial charge in [0.1, 0.15) is 6.67 Å². The van der Waals surface area contributed by atoms with Crippen molar-refractivity contribution in [1.29, 1.82) is 0 Å². The zero-order chi connectivity index (χ0) is 12.1. The van der Waals surface area contributed by atoms with E-state index >= 15 is 0 Å². The number of nitrogen functional groups attached to an aromatic ring is 1. The Bertz CT molecular complexity index is 488. The highest BCUT2D eigenvalue weighted by Crippen LogP contribution is 2.15. The van der Waals surface area contributed by atoms with Crippen molar-refractivity contribution in [1.82, 2.24) is 15.0 Å². The summed E-state index contributed by atoms with van der Waals surface area (Å²) in [7, 11) is 0. The Morgan fingerprint density at radius 2 is 1.88 bits per heavy atom. The fraction of sp³-hybridized carbons (Fsp3) is 0.182. The Labute approximate surface area is 97.9 Å². The number of halogens is 1. The van der Waals surface area contributed by atoms with E-state index in [4.69, 9.17) is 5.73 Å². The fourth-order valence-corrected chi connectivity index (χ4v) is 1.35. The van der Waals surface area contributed by atoms with Gasteiger partial charge in [-0.05, 0) is 0 Å². The van der Waals surface area contributed by atoms with E-state index in [9.17, 15) is 4.39 Å². The minimum Gasteiger partial charge on any atom is -0.368 e. The van der Waals surface area contributed by atoms with Crippen LogP contribution in [0.5, 0.6) is 0 Å². The van der Waals surface area contributed by atoms with Gasteiger partial charge in [-0.2, -0.15) is 15.0 Å². The molecule has 5 nitrogen and oxygen atoms in total. The Kier molecular flexibility index (Phi) is 3.44. The number of aromatic nitrogens is 3. The maximum absolute atomic E-state index is 12.0. The second kappa shape index (κ2) is 5.20. The summed E-state index contributed by atoms with van der Waals surface area (Å²) in [5, 5.41) is 2.73. The number of anilines is 2. The first kappa shape index (κ1) is 11.3. The van der Waals surface area contributed by atoms with E-state index in [-0.39, 0.29) is 18.4 Å². The van der Waals surface area contributed by atoms with Crippen LogP contribution < -0.4 is 11.1 Å². The van der Waals surface area contributed by atoms with Crippen LogP contribution in [0.15, 0.2) is 30.3 Å². The predicted molar refractivity (Wildman–Crippen MR) is 64.1 cm³/mol. The SMILES string of the molecule is Nc1nc(NCCF)nc(-c2ccccc2)n1. The molecule has 2 rings (SSSR count). The number of hydrogen-bond acceptors (Lipinski definition) is 5. The number of rotatable bonds is 4. The van der Waals surface area contributed by atoms with Crippen molar-refractivity contribution < 1.29 is 4.39 Å². The molecule has 1 heterocycles. The van der Waals surface area contributed by atoms with Gasteiger partial charge in [0.25, 0.3) is 0 Å². The Balaban J connectivity index is 2.32. The van der Waals surface area contributed by atoms with Crippen LogP contribution in [-0.2, 0) is 0 Å². The second-order valence-corrected chi connectivity index (χ2v) is 3.32. The number of alkyl halides is 1. The van der Waals surface area contributed by atoms with Gasteiger partial charge in [-0.25, -0.2) is 4.39 Å². The van der Waals surface area contributed by atoms with Crippen molar-refractivity contribution in [2.45, 2.75) is 0 Å². The van der Waals surface area contributed by atoms with Gasteiger partial charge in [0.15, 0.2) is 5.82 Å². The highest BCUT2D eigenvalue weighted by Gasteiger charge is 2.05. The van der Waals surface area contributed by atoms with Crippen LogP contribution in [0.2, 0.25) is 0 Å². The van der Waals surface area contributed by atoms with Crippen molar-refractivity contribution in [2.75, 3.05) is 24.3 Å². The molecule has 6 heteroatoms. The zero-order valence-corrected chi connectivity index (χ0v) is 9.10. The smallest absolute Gasteiger partial charge is 0.228 e. The average Bonchev–Trinajstić information content (AvgIpc) is 2.37. The lowest BCUT2D eigenvalue weighted by molar-refractivity contribution is 0.512. The predicted octanol–water partition coefficient (Wildman–Crippen LogP) is 1.50. The second-order valence-electron chi connectivity index (χ2n) is 3.32. The van der Waals surface area contributed by atoms with Gasteiger partial charge in [0.2, 0.25) is 11.9 Å². The lowest BCUT2D eigenvalue weighted by atomic mass is 10.2. The summed E-state index contributed by atoms with van der Waals surface area (Å²) >= 11 is 0. The van der Waals surface area contributed by atoms with E-state index in [2.05, 4.69) is 20.3 Å². The Morgan fingerprint density at radius 3 is 2.59 bits per heavy atom. The van der Waals surface area contributed by atoms with Crippen LogP contribution in [0, 0.1) is 0 Å². The van der Waals surface area contributed by atoms with E-state index in [0.29, 0.717) is 5.82 Å². The minimum atomic E-state index is -0.494. The first-order valence-electron chi connectivity index (χ1n) is 5.16. The van der Waals surface area contributed by atoms with Crippen LogP contribution in [0.1, 0.15) is 0 Å². The average molecular weight is 233 g/mol. The molecule has 0 bridgehead atoms. The first-order chi connectivity index (χ1) is 8.29. The maximum atomic E-state index is 12.0. The van der Waals surface area contributed by atoms with E-state index in [1.54, 1.807) is 0 Å². The maximum Gasteiger partial charge on any atom is 0.228 e. The van der Waals surface area contributed by atoms with Crippen LogP contribution in [0.4, 0.5) is 16.3 Å². The van der Waals surface area contributed by atoms with Crippen LogP contribution in [-0.4, -0.2) is 28.2 Å². The third-order valence-corrected chi connectivity index (χ3v) is 2.06. The molecule has 0 spiro atoms. The number of hydrogen-bond donors (Lipinski definition) is 2. The van der Waals surface area contributed by atoms with Crippen LogP contribution in [0.25, 0.3) is 11.4 Å². The van der Waals surface area contributed by atoms with E-state index in [1.165, 1.54) is 0 Å². The highest BCUT2D eigenvalue weighted by molar-refractivity contribution is 5.57. The van der Waals surface area contributed by atoms with Crippen molar-refractivity contribution in [2.24, 2.45) is 0 Å². The summed E-state index contributed by atoms with van der Waals surface area (Å²) in [6.45, 7) is -0.343. The summed E-state index contributed by atoms with van der Waals surface area (Å²) < 4.78 is 12.0. The molecule has 0 saturated carbocycles.